The van der Waals surface area contributed by atoms with Crippen molar-refractivity contribution in [2.45, 2.75) is 28.7 Å². The van der Waals surface area contributed by atoms with Crippen LogP contribution in [0.15, 0.2) is 0 Å². The predicted octanol–water partition coefficient (Wildman–Crippen LogP) is 0.480. The Hall–Kier alpha value is -1.72. The molecule has 0 aromatic heterocycles. The molecule has 0 heterocycles. The molecule has 0 aliphatic rings. The van der Waals surface area contributed by atoms with E-state index in [0.29, 0.717) is 0 Å². The van der Waals surface area contributed by atoms with Crippen LogP contribution in [0.25, 0.3) is 0 Å². The van der Waals surface area contributed by atoms with E-state index in [1.165, 1.54) is 0 Å². The molecule has 6 heteroatoms. The maximum absolute atomic E-state index is 10.4. The van der Waals surface area contributed by atoms with Crippen LogP contribution >= 0.6 is 0 Å². The fourth-order valence-electron chi connectivity index (χ4n) is 0.340. The van der Waals surface area contributed by atoms with E-state index < -0.39 is 30.3 Å². The number of ether oxygens (including phenoxy) is 2. The first-order valence-corrected chi connectivity index (χ1v) is 3.30. The lowest BCUT2D eigenvalue weighted by atomic mass is 10.5. The van der Waals surface area contributed by atoms with E-state index in [-0.39, 0.29) is 14.9 Å². The molecule has 0 unspecified atom stereocenters. The molecule has 0 atom stereocenters. The molecule has 0 saturated heterocycles. The number of hydrogen-bond acceptors (Lipinski definition) is 6. The Morgan fingerprint density at radius 1 is 0.800 bits per heavy atom. The highest BCUT2D eigenvalue weighted by Crippen LogP contribution is 1.85. The maximum atomic E-state index is 10.4. The van der Waals surface area contributed by atoms with E-state index in [4.69, 9.17) is 0 Å². The third kappa shape index (κ3) is 8.61. The number of rotatable bonds is 4. The van der Waals surface area contributed by atoms with Crippen molar-refractivity contribution in [1.82, 2.24) is 0 Å². The summed E-state index contributed by atoms with van der Waals surface area (Å²) >= 11 is 0. The van der Waals surface area contributed by atoms with Crippen molar-refractivity contribution >= 4 is 23.5 Å². The summed E-state index contributed by atoms with van der Waals surface area (Å²) in [6, 6.07) is 0. The van der Waals surface area contributed by atoms with E-state index in [2.05, 4.69) is 9.47 Å². The summed E-state index contributed by atoms with van der Waals surface area (Å²) in [6.07, 6.45) is 0. The minimum atomic E-state index is -1.11. The highest BCUT2D eigenvalue weighted by molar-refractivity contribution is 6.33. The van der Waals surface area contributed by atoms with Crippen LogP contribution in [0, 0.1) is 0 Å². The van der Waals surface area contributed by atoms with Crippen LogP contribution < -0.4 is 0 Å². The molecule has 0 saturated carbocycles. The lowest BCUT2D eigenvalue weighted by molar-refractivity contribution is -0.172. The van der Waals surface area contributed by atoms with E-state index in [9.17, 15) is 19.2 Å². The quantitative estimate of drug-likeness (QED) is 0.389. The number of carbonyl (C=O) groups excluding carboxylic acids is 4. The molecule has 0 aromatic rings. The van der Waals surface area contributed by atoms with Crippen LogP contribution in [-0.2, 0) is 28.7 Å². The fourth-order valence-corrected chi connectivity index (χ4v) is 0.340. The van der Waals surface area contributed by atoms with Gasteiger partial charge in [-0.1, -0.05) is 14.9 Å². The van der Waals surface area contributed by atoms with Gasteiger partial charge in [0.1, 0.15) is 0 Å². The molecule has 0 radical (unpaired) electrons. The molecule has 0 aliphatic heterocycles. The molecular formula is C9H16O6. The molecule has 88 valence electrons. The van der Waals surface area contributed by atoms with Crippen molar-refractivity contribution in [3.8, 4) is 0 Å². The Labute approximate surface area is 88.5 Å². The first kappa shape index (κ1) is 18.9. The molecule has 0 N–H and O–H groups in total. The molecular weight excluding hydrogens is 204 g/mol. The monoisotopic (exact) mass is 220 g/mol. The summed E-state index contributed by atoms with van der Waals surface area (Å²) in [7, 11) is 0. The van der Waals surface area contributed by atoms with Crippen molar-refractivity contribution < 1.29 is 28.7 Å². The van der Waals surface area contributed by atoms with Gasteiger partial charge >= 0.3 is 11.9 Å². The number of ketones is 2. The summed E-state index contributed by atoms with van der Waals surface area (Å²) in [5, 5.41) is 0. The van der Waals surface area contributed by atoms with Gasteiger partial charge in [0.25, 0.3) is 0 Å². The summed E-state index contributed by atoms with van der Waals surface area (Å²) in [6.45, 7) is 1.29. The molecule has 6 nitrogen and oxygen atoms in total. The number of Topliss-reactive ketones (excluding diaryl/α,β-unsaturated/α-hetero) is 2. The Morgan fingerprint density at radius 3 is 1.27 bits per heavy atom. The van der Waals surface area contributed by atoms with Gasteiger partial charge in [-0.15, -0.1) is 0 Å². The van der Waals surface area contributed by atoms with Gasteiger partial charge in [0, 0.05) is 13.8 Å². The SMILES string of the molecule is C.C.CC(=O)C(=O)OCOC(=O)C(C)=O. The normalized spacial score (nSPS) is 7.60. The zero-order valence-electron chi connectivity index (χ0n) is 7.16. The van der Waals surface area contributed by atoms with Gasteiger partial charge in [0.05, 0.1) is 0 Å². The van der Waals surface area contributed by atoms with Gasteiger partial charge in [0.2, 0.25) is 18.4 Å². The summed E-state index contributed by atoms with van der Waals surface area (Å²) in [5.41, 5.74) is 0. The van der Waals surface area contributed by atoms with Crippen molar-refractivity contribution in [3.63, 3.8) is 0 Å². The minimum Gasteiger partial charge on any atom is -0.422 e. The van der Waals surface area contributed by atoms with Crippen LogP contribution in [-0.4, -0.2) is 30.3 Å². The largest absolute Gasteiger partial charge is 0.422 e. The fraction of sp³-hybridized carbons (Fsp3) is 0.556. The first-order valence-electron chi connectivity index (χ1n) is 3.30. The topological polar surface area (TPSA) is 86.7 Å². The zero-order chi connectivity index (χ0) is 10.4. The van der Waals surface area contributed by atoms with Crippen molar-refractivity contribution in [2.75, 3.05) is 6.79 Å². The van der Waals surface area contributed by atoms with Gasteiger partial charge in [0.15, 0.2) is 0 Å². The maximum Gasteiger partial charge on any atom is 0.377 e. The molecule has 0 aromatic carbocycles. The van der Waals surface area contributed by atoms with Crippen LogP contribution in [0.5, 0.6) is 0 Å². The second-order valence-corrected chi connectivity index (χ2v) is 2.09. The molecule has 0 bridgehead atoms. The van der Waals surface area contributed by atoms with Crippen molar-refractivity contribution in [2.24, 2.45) is 0 Å². The van der Waals surface area contributed by atoms with Crippen LogP contribution in [0.4, 0.5) is 0 Å². The Balaban J connectivity index is -0.000000720. The zero-order valence-corrected chi connectivity index (χ0v) is 7.16. The Morgan fingerprint density at radius 2 is 1.07 bits per heavy atom. The van der Waals surface area contributed by atoms with Gasteiger partial charge in [-0.2, -0.15) is 0 Å². The highest BCUT2D eigenvalue weighted by atomic mass is 16.7. The average molecular weight is 220 g/mol. The second-order valence-electron chi connectivity index (χ2n) is 2.09. The molecule has 0 spiro atoms. The molecule has 15 heavy (non-hydrogen) atoms. The third-order valence-electron chi connectivity index (χ3n) is 0.955. The van der Waals surface area contributed by atoms with Crippen LogP contribution in [0.1, 0.15) is 28.7 Å². The van der Waals surface area contributed by atoms with Crippen LogP contribution in [0.3, 0.4) is 0 Å². The summed E-state index contributed by atoms with van der Waals surface area (Å²) < 4.78 is 8.28. The van der Waals surface area contributed by atoms with E-state index in [1.807, 2.05) is 0 Å². The van der Waals surface area contributed by atoms with Gasteiger partial charge in [-0.3, -0.25) is 9.59 Å². The first-order chi connectivity index (χ1) is 5.95. The van der Waals surface area contributed by atoms with Gasteiger partial charge in [-0.25, -0.2) is 9.59 Å². The highest BCUT2D eigenvalue weighted by Gasteiger charge is 2.12. The number of esters is 2. The van der Waals surface area contributed by atoms with E-state index in [1.54, 1.807) is 0 Å². The average Bonchev–Trinajstić information content (AvgIpc) is 2.03. The summed E-state index contributed by atoms with van der Waals surface area (Å²) in [5.74, 6) is -3.84. The predicted molar refractivity (Wildman–Crippen MR) is 51.9 cm³/mol. The minimum absolute atomic E-state index is 0. The lowest BCUT2D eigenvalue weighted by Crippen LogP contribution is -2.20. The number of hydrogen-bond donors (Lipinski definition) is 0. The molecule has 0 rings (SSSR count). The van der Waals surface area contributed by atoms with Crippen LogP contribution in [0.2, 0.25) is 0 Å². The van der Waals surface area contributed by atoms with Gasteiger partial charge in [-0.05, 0) is 0 Å². The molecule has 0 fully saturated rings. The van der Waals surface area contributed by atoms with E-state index >= 15 is 0 Å². The lowest BCUT2D eigenvalue weighted by Gasteiger charge is -2.01. The standard InChI is InChI=1S/C7H8O6.2CH4/c1-4(8)6(10)12-3-13-7(11)5(2)9;;/h3H2,1-2H3;2*1H4. The second kappa shape index (κ2) is 8.86. The van der Waals surface area contributed by atoms with Gasteiger partial charge < -0.3 is 9.47 Å². The third-order valence-corrected chi connectivity index (χ3v) is 0.955. The van der Waals surface area contributed by atoms with Crippen molar-refractivity contribution in [3.05, 3.63) is 0 Å². The summed E-state index contributed by atoms with van der Waals surface area (Å²) in [4.78, 5) is 41.4. The Bertz CT molecular complexity index is 229. The van der Waals surface area contributed by atoms with E-state index in [0.717, 1.165) is 13.8 Å². The van der Waals surface area contributed by atoms with Crippen molar-refractivity contribution in [1.29, 1.82) is 0 Å². The number of carbonyl (C=O) groups is 4. The molecule has 0 aliphatic carbocycles. The smallest absolute Gasteiger partial charge is 0.377 e. The Kier molecular flexibility index (Phi) is 11.2. The molecule has 0 amide bonds.